The van der Waals surface area contributed by atoms with Crippen molar-refractivity contribution in [3.8, 4) is 0 Å². The van der Waals surface area contributed by atoms with Crippen molar-refractivity contribution < 1.29 is 28.6 Å². The molecule has 0 aliphatic rings. The van der Waals surface area contributed by atoms with E-state index in [4.69, 9.17) is 14.2 Å². The van der Waals surface area contributed by atoms with Gasteiger partial charge >= 0.3 is 17.9 Å². The topological polar surface area (TPSA) is 78.9 Å². The van der Waals surface area contributed by atoms with Crippen LogP contribution in [0.5, 0.6) is 0 Å². The second-order valence-corrected chi connectivity index (χ2v) is 22.4. The van der Waals surface area contributed by atoms with Gasteiger partial charge in [-0.1, -0.05) is 306 Å². The van der Waals surface area contributed by atoms with Crippen LogP contribution < -0.4 is 0 Å². The predicted octanol–water partition coefficient (Wildman–Crippen LogP) is 22.7. The molecule has 0 aromatic carbocycles. The molecule has 0 aliphatic heterocycles. The van der Waals surface area contributed by atoms with E-state index in [1.807, 2.05) is 0 Å². The van der Waals surface area contributed by atoms with E-state index >= 15 is 0 Å². The van der Waals surface area contributed by atoms with Crippen LogP contribution in [-0.2, 0) is 28.6 Å². The number of esters is 3. The maximum Gasteiger partial charge on any atom is 0.306 e. The zero-order valence-corrected chi connectivity index (χ0v) is 50.8. The van der Waals surface area contributed by atoms with Gasteiger partial charge in [-0.3, -0.25) is 14.4 Å². The van der Waals surface area contributed by atoms with E-state index in [2.05, 4.69) is 81.5 Å². The number of rotatable bonds is 61. The minimum atomic E-state index is -0.775. The standard InChI is InChI=1S/C70H126O6/c1-4-7-10-13-16-19-22-25-28-30-31-32-33-34-35-36-37-38-39-40-43-45-48-51-54-57-60-63-69(72)75-66-67(65-74-68(71)62-59-56-53-50-47-44-41-27-24-21-18-15-12-9-6-3)76-70(73)64-61-58-55-52-49-46-42-29-26-23-20-17-14-11-8-5-2/h7,10,16,19,25,27-28,31-32,41,67H,4-6,8-9,11-15,17-18,20-24,26,29-30,33-40,42-66H2,1-3H3/b10-7-,19-16-,28-25-,32-31-,41-27-. The SMILES string of the molecule is CC/C=C\C/C=C\C/C=C\C/C=C\CCCCCCCCCCCCCCCCC(=O)OCC(COC(=O)CCCCCCC/C=C\CCCCCCCC)OC(=O)CCCCCCCCCCCCCCCCCC. The third kappa shape index (κ3) is 62.0. The Morgan fingerprint density at radius 2 is 0.513 bits per heavy atom. The summed E-state index contributed by atoms with van der Waals surface area (Å²) in [4.78, 5) is 38.3. The molecular formula is C70H126O6. The highest BCUT2D eigenvalue weighted by molar-refractivity contribution is 5.71. The Morgan fingerprint density at radius 1 is 0.276 bits per heavy atom. The molecule has 0 amide bonds. The Labute approximate surface area is 472 Å². The lowest BCUT2D eigenvalue weighted by Gasteiger charge is -2.18. The molecule has 442 valence electrons. The van der Waals surface area contributed by atoms with Crippen LogP contribution in [0.15, 0.2) is 60.8 Å². The normalized spacial score (nSPS) is 12.4. The van der Waals surface area contributed by atoms with Crippen LogP contribution in [0.2, 0.25) is 0 Å². The van der Waals surface area contributed by atoms with Crippen molar-refractivity contribution in [2.45, 2.75) is 354 Å². The van der Waals surface area contributed by atoms with E-state index in [-0.39, 0.29) is 31.1 Å². The lowest BCUT2D eigenvalue weighted by atomic mass is 10.0. The quantitative estimate of drug-likeness (QED) is 0.0261. The van der Waals surface area contributed by atoms with Gasteiger partial charge in [-0.25, -0.2) is 0 Å². The zero-order valence-electron chi connectivity index (χ0n) is 50.8. The second-order valence-electron chi connectivity index (χ2n) is 22.4. The highest BCUT2D eigenvalue weighted by atomic mass is 16.6. The molecule has 0 saturated heterocycles. The van der Waals surface area contributed by atoms with E-state index < -0.39 is 6.10 Å². The summed E-state index contributed by atoms with van der Waals surface area (Å²) in [5.41, 5.74) is 0. The fourth-order valence-electron chi connectivity index (χ4n) is 9.79. The average molecular weight is 1060 g/mol. The second kappa shape index (κ2) is 64.6. The summed E-state index contributed by atoms with van der Waals surface area (Å²) >= 11 is 0. The molecule has 0 spiro atoms. The molecule has 1 unspecified atom stereocenters. The molecule has 0 heterocycles. The van der Waals surface area contributed by atoms with Gasteiger partial charge in [0.05, 0.1) is 0 Å². The molecule has 1 atom stereocenters. The summed E-state index contributed by atoms with van der Waals surface area (Å²) in [7, 11) is 0. The maximum absolute atomic E-state index is 12.9. The fourth-order valence-corrected chi connectivity index (χ4v) is 9.79. The number of ether oxygens (including phenoxy) is 3. The minimum absolute atomic E-state index is 0.0725. The highest BCUT2D eigenvalue weighted by Gasteiger charge is 2.19. The van der Waals surface area contributed by atoms with E-state index in [1.165, 1.54) is 218 Å². The molecule has 6 heteroatoms. The van der Waals surface area contributed by atoms with Crippen LogP contribution in [0.3, 0.4) is 0 Å². The van der Waals surface area contributed by atoms with Crippen molar-refractivity contribution in [3.63, 3.8) is 0 Å². The fraction of sp³-hybridized carbons (Fsp3) is 0.814. The van der Waals surface area contributed by atoms with Crippen molar-refractivity contribution in [2.75, 3.05) is 13.2 Å². The maximum atomic E-state index is 12.9. The highest BCUT2D eigenvalue weighted by Crippen LogP contribution is 2.17. The zero-order chi connectivity index (χ0) is 55.0. The molecule has 0 saturated carbocycles. The number of carbonyl (C=O) groups excluding carboxylic acids is 3. The molecule has 0 radical (unpaired) electrons. The smallest absolute Gasteiger partial charge is 0.306 e. The molecule has 76 heavy (non-hydrogen) atoms. The first-order chi connectivity index (χ1) is 37.5. The Morgan fingerprint density at radius 3 is 0.816 bits per heavy atom. The molecule has 6 nitrogen and oxygen atoms in total. The molecule has 0 bridgehead atoms. The van der Waals surface area contributed by atoms with Crippen molar-refractivity contribution in [1.29, 1.82) is 0 Å². The van der Waals surface area contributed by atoms with Crippen LogP contribution >= 0.6 is 0 Å². The van der Waals surface area contributed by atoms with Crippen molar-refractivity contribution in [1.82, 2.24) is 0 Å². The van der Waals surface area contributed by atoms with Gasteiger partial charge in [-0.2, -0.15) is 0 Å². The summed E-state index contributed by atoms with van der Waals surface area (Å²) in [5, 5.41) is 0. The number of unbranched alkanes of at least 4 members (excludes halogenated alkanes) is 40. The van der Waals surface area contributed by atoms with E-state index in [0.717, 1.165) is 89.9 Å². The molecule has 0 fully saturated rings. The number of allylic oxidation sites excluding steroid dienone is 10. The summed E-state index contributed by atoms with van der Waals surface area (Å²) in [6.45, 7) is 6.57. The average Bonchev–Trinajstić information content (AvgIpc) is 3.42. The summed E-state index contributed by atoms with van der Waals surface area (Å²) in [5.74, 6) is -0.859. The Bertz CT molecular complexity index is 1360. The molecule has 0 rings (SSSR count). The van der Waals surface area contributed by atoms with Crippen LogP contribution in [0, 0.1) is 0 Å². The van der Waals surface area contributed by atoms with Crippen molar-refractivity contribution in [2.24, 2.45) is 0 Å². The van der Waals surface area contributed by atoms with Crippen molar-refractivity contribution in [3.05, 3.63) is 60.8 Å². The van der Waals surface area contributed by atoms with Gasteiger partial charge in [0, 0.05) is 19.3 Å². The molecule has 0 N–H and O–H groups in total. The van der Waals surface area contributed by atoms with E-state index in [9.17, 15) is 14.4 Å². The van der Waals surface area contributed by atoms with Crippen LogP contribution in [0.4, 0.5) is 0 Å². The summed E-state index contributed by atoms with van der Waals surface area (Å²) in [6.07, 6.45) is 82.3. The Kier molecular flexibility index (Phi) is 62.2. The lowest BCUT2D eigenvalue weighted by molar-refractivity contribution is -0.167. The summed E-state index contributed by atoms with van der Waals surface area (Å²) < 4.78 is 17.0. The first-order valence-electron chi connectivity index (χ1n) is 33.3. The van der Waals surface area contributed by atoms with Gasteiger partial charge in [0.25, 0.3) is 0 Å². The molecular weight excluding hydrogens is 937 g/mol. The third-order valence-corrected chi connectivity index (χ3v) is 14.8. The van der Waals surface area contributed by atoms with Gasteiger partial charge < -0.3 is 14.2 Å². The molecule has 0 aromatic rings. The van der Waals surface area contributed by atoms with Crippen LogP contribution in [0.25, 0.3) is 0 Å². The minimum Gasteiger partial charge on any atom is -0.462 e. The number of hydrogen-bond donors (Lipinski definition) is 0. The van der Waals surface area contributed by atoms with Gasteiger partial charge in [0.1, 0.15) is 13.2 Å². The Balaban J connectivity index is 4.25. The number of hydrogen-bond acceptors (Lipinski definition) is 6. The van der Waals surface area contributed by atoms with Gasteiger partial charge in [-0.15, -0.1) is 0 Å². The first kappa shape index (κ1) is 73.1. The third-order valence-electron chi connectivity index (χ3n) is 14.8. The molecule has 0 aliphatic carbocycles. The lowest BCUT2D eigenvalue weighted by Crippen LogP contribution is -2.30. The van der Waals surface area contributed by atoms with Gasteiger partial charge in [0.2, 0.25) is 0 Å². The molecule has 0 aromatic heterocycles. The van der Waals surface area contributed by atoms with Crippen molar-refractivity contribution >= 4 is 17.9 Å². The largest absolute Gasteiger partial charge is 0.462 e. The van der Waals surface area contributed by atoms with Gasteiger partial charge in [-0.05, 0) is 83.5 Å². The van der Waals surface area contributed by atoms with Crippen LogP contribution in [0.1, 0.15) is 348 Å². The predicted molar refractivity (Wildman–Crippen MR) is 330 cm³/mol. The first-order valence-corrected chi connectivity index (χ1v) is 33.3. The summed E-state index contributed by atoms with van der Waals surface area (Å²) in [6, 6.07) is 0. The monoisotopic (exact) mass is 1060 g/mol. The van der Waals surface area contributed by atoms with E-state index in [0.29, 0.717) is 19.3 Å². The number of carbonyl (C=O) groups is 3. The van der Waals surface area contributed by atoms with E-state index in [1.54, 1.807) is 0 Å². The van der Waals surface area contributed by atoms with Gasteiger partial charge in [0.15, 0.2) is 6.10 Å². The Hall–Kier alpha value is -2.89. The van der Waals surface area contributed by atoms with Crippen LogP contribution in [-0.4, -0.2) is 37.2 Å².